The maximum Gasteiger partial charge on any atom is 0.131 e. The highest BCUT2D eigenvalue weighted by atomic mass is 79.9. The van der Waals surface area contributed by atoms with Gasteiger partial charge in [0.1, 0.15) is 18.0 Å². The largest absolute Gasteiger partial charge is 0.370 e. The molecule has 0 spiro atoms. The SMILES string of the molecule is NCCCNc1cc(NCc2ccc(Br)cc2)ncn1. The zero-order valence-electron chi connectivity index (χ0n) is 11.1. The van der Waals surface area contributed by atoms with Gasteiger partial charge in [-0.2, -0.15) is 0 Å². The van der Waals surface area contributed by atoms with Crippen molar-refractivity contribution in [3.63, 3.8) is 0 Å². The van der Waals surface area contributed by atoms with Crippen LogP contribution in [-0.4, -0.2) is 23.1 Å². The van der Waals surface area contributed by atoms with E-state index in [1.807, 2.05) is 18.2 Å². The van der Waals surface area contributed by atoms with E-state index in [4.69, 9.17) is 5.73 Å². The fourth-order valence-electron chi connectivity index (χ4n) is 1.66. The number of hydrogen-bond acceptors (Lipinski definition) is 5. The van der Waals surface area contributed by atoms with Crippen LogP contribution in [0.25, 0.3) is 0 Å². The van der Waals surface area contributed by atoms with Crippen LogP contribution in [0.1, 0.15) is 12.0 Å². The first-order valence-electron chi connectivity index (χ1n) is 6.52. The lowest BCUT2D eigenvalue weighted by atomic mass is 10.2. The summed E-state index contributed by atoms with van der Waals surface area (Å²) in [6.45, 7) is 2.22. The fourth-order valence-corrected chi connectivity index (χ4v) is 1.93. The molecule has 0 aliphatic rings. The van der Waals surface area contributed by atoms with Crippen LogP contribution in [0.3, 0.4) is 0 Å². The van der Waals surface area contributed by atoms with Gasteiger partial charge in [0.2, 0.25) is 0 Å². The van der Waals surface area contributed by atoms with E-state index in [9.17, 15) is 0 Å². The first kappa shape index (κ1) is 14.7. The first-order chi connectivity index (χ1) is 9.78. The molecule has 106 valence electrons. The number of hydrogen-bond donors (Lipinski definition) is 3. The number of rotatable bonds is 7. The molecule has 0 saturated carbocycles. The van der Waals surface area contributed by atoms with Crippen molar-refractivity contribution >= 4 is 27.6 Å². The van der Waals surface area contributed by atoms with E-state index in [0.29, 0.717) is 6.54 Å². The minimum Gasteiger partial charge on any atom is -0.370 e. The summed E-state index contributed by atoms with van der Waals surface area (Å²) in [4.78, 5) is 8.37. The molecule has 4 N–H and O–H groups in total. The third-order valence-electron chi connectivity index (χ3n) is 2.74. The maximum atomic E-state index is 5.46. The van der Waals surface area contributed by atoms with Crippen molar-refractivity contribution in [3.8, 4) is 0 Å². The van der Waals surface area contributed by atoms with Gasteiger partial charge in [-0.15, -0.1) is 0 Å². The summed E-state index contributed by atoms with van der Waals surface area (Å²) in [5.74, 6) is 1.62. The lowest BCUT2D eigenvalue weighted by Crippen LogP contribution is -2.10. The van der Waals surface area contributed by atoms with Crippen LogP contribution in [-0.2, 0) is 6.54 Å². The Bertz CT molecular complexity index is 529. The van der Waals surface area contributed by atoms with Crippen molar-refractivity contribution in [2.45, 2.75) is 13.0 Å². The van der Waals surface area contributed by atoms with E-state index >= 15 is 0 Å². The minimum atomic E-state index is 0.673. The quantitative estimate of drug-likeness (QED) is 0.678. The van der Waals surface area contributed by atoms with Gasteiger partial charge in [-0.05, 0) is 30.7 Å². The van der Waals surface area contributed by atoms with Crippen molar-refractivity contribution in [3.05, 3.63) is 46.7 Å². The molecule has 0 bridgehead atoms. The topological polar surface area (TPSA) is 75.9 Å². The Morgan fingerprint density at radius 1 is 1.05 bits per heavy atom. The molecule has 0 atom stereocenters. The minimum absolute atomic E-state index is 0.673. The van der Waals surface area contributed by atoms with Crippen LogP contribution in [0.15, 0.2) is 41.1 Å². The van der Waals surface area contributed by atoms with Crippen LogP contribution in [0.2, 0.25) is 0 Å². The van der Waals surface area contributed by atoms with Gasteiger partial charge in [0.15, 0.2) is 0 Å². The van der Waals surface area contributed by atoms with E-state index in [0.717, 1.165) is 35.6 Å². The van der Waals surface area contributed by atoms with Gasteiger partial charge >= 0.3 is 0 Å². The highest BCUT2D eigenvalue weighted by molar-refractivity contribution is 9.10. The van der Waals surface area contributed by atoms with Gasteiger partial charge in [-0.3, -0.25) is 0 Å². The summed E-state index contributed by atoms with van der Waals surface area (Å²) in [6, 6.07) is 10.1. The van der Waals surface area contributed by atoms with Crippen LogP contribution in [0.5, 0.6) is 0 Å². The zero-order valence-corrected chi connectivity index (χ0v) is 12.7. The van der Waals surface area contributed by atoms with Crippen molar-refractivity contribution in [1.82, 2.24) is 9.97 Å². The second kappa shape index (κ2) is 7.81. The average molecular weight is 336 g/mol. The standard InChI is InChI=1S/C14H18BrN5/c15-12-4-2-11(3-5-12)9-18-14-8-13(19-10-20-14)17-7-1-6-16/h2-5,8,10H,1,6-7,9,16H2,(H2,17,18,19,20). The van der Waals surface area contributed by atoms with Crippen molar-refractivity contribution in [2.75, 3.05) is 23.7 Å². The molecule has 6 heteroatoms. The Morgan fingerprint density at radius 3 is 2.45 bits per heavy atom. The molecule has 0 aliphatic heterocycles. The van der Waals surface area contributed by atoms with Crippen molar-refractivity contribution in [2.24, 2.45) is 5.73 Å². The number of nitrogens with two attached hydrogens (primary N) is 1. The first-order valence-corrected chi connectivity index (χ1v) is 7.31. The highest BCUT2D eigenvalue weighted by Gasteiger charge is 1.99. The van der Waals surface area contributed by atoms with Gasteiger partial charge in [-0.1, -0.05) is 28.1 Å². The molecule has 20 heavy (non-hydrogen) atoms. The molecule has 1 heterocycles. The molecular weight excluding hydrogens is 318 g/mol. The lowest BCUT2D eigenvalue weighted by molar-refractivity contribution is 0.869. The molecule has 2 rings (SSSR count). The molecule has 0 unspecified atom stereocenters. The summed E-state index contributed by atoms with van der Waals surface area (Å²) >= 11 is 3.42. The van der Waals surface area contributed by atoms with Crippen molar-refractivity contribution < 1.29 is 0 Å². The second-order valence-corrected chi connectivity index (χ2v) is 5.25. The third kappa shape index (κ3) is 4.79. The van der Waals surface area contributed by atoms with E-state index in [2.05, 4.69) is 48.7 Å². The second-order valence-electron chi connectivity index (χ2n) is 4.34. The summed E-state index contributed by atoms with van der Waals surface area (Å²) in [5, 5.41) is 6.49. The fraction of sp³-hybridized carbons (Fsp3) is 0.286. The zero-order chi connectivity index (χ0) is 14.2. The Kier molecular flexibility index (Phi) is 5.76. The van der Waals surface area contributed by atoms with E-state index < -0.39 is 0 Å². The molecule has 1 aromatic carbocycles. The molecule has 1 aromatic heterocycles. The molecule has 0 radical (unpaired) electrons. The van der Waals surface area contributed by atoms with Gasteiger partial charge in [0.05, 0.1) is 0 Å². The monoisotopic (exact) mass is 335 g/mol. The van der Waals surface area contributed by atoms with Crippen LogP contribution >= 0.6 is 15.9 Å². The third-order valence-corrected chi connectivity index (χ3v) is 3.27. The molecule has 0 amide bonds. The molecule has 2 aromatic rings. The Hall–Kier alpha value is -1.66. The average Bonchev–Trinajstić information content (AvgIpc) is 2.47. The predicted octanol–water partition coefficient (Wildman–Crippen LogP) is 2.61. The van der Waals surface area contributed by atoms with Gasteiger partial charge in [0.25, 0.3) is 0 Å². The van der Waals surface area contributed by atoms with Crippen LogP contribution in [0, 0.1) is 0 Å². The molecule has 0 fully saturated rings. The lowest BCUT2D eigenvalue weighted by Gasteiger charge is -2.08. The predicted molar refractivity (Wildman–Crippen MR) is 85.7 cm³/mol. The number of benzene rings is 1. The van der Waals surface area contributed by atoms with E-state index in [-0.39, 0.29) is 0 Å². The summed E-state index contributed by atoms with van der Waals surface area (Å²) in [5.41, 5.74) is 6.66. The maximum absolute atomic E-state index is 5.46. The molecule has 0 saturated heterocycles. The summed E-state index contributed by atoms with van der Waals surface area (Å²) < 4.78 is 1.08. The van der Waals surface area contributed by atoms with Crippen LogP contribution < -0.4 is 16.4 Å². The van der Waals surface area contributed by atoms with Crippen molar-refractivity contribution in [1.29, 1.82) is 0 Å². The van der Waals surface area contributed by atoms with E-state index in [1.54, 1.807) is 6.33 Å². The summed E-state index contributed by atoms with van der Waals surface area (Å²) in [6.07, 6.45) is 2.47. The molecule has 5 nitrogen and oxygen atoms in total. The number of nitrogens with one attached hydrogen (secondary N) is 2. The van der Waals surface area contributed by atoms with Gasteiger partial charge in [-0.25, -0.2) is 9.97 Å². The molecular formula is C14H18BrN5. The van der Waals surface area contributed by atoms with Crippen LogP contribution in [0.4, 0.5) is 11.6 Å². The van der Waals surface area contributed by atoms with E-state index in [1.165, 1.54) is 5.56 Å². The Balaban J connectivity index is 1.89. The highest BCUT2D eigenvalue weighted by Crippen LogP contribution is 2.13. The number of aromatic nitrogens is 2. The Morgan fingerprint density at radius 2 is 1.75 bits per heavy atom. The van der Waals surface area contributed by atoms with Gasteiger partial charge in [0, 0.05) is 23.6 Å². The smallest absolute Gasteiger partial charge is 0.131 e. The number of halogens is 1. The summed E-state index contributed by atoms with van der Waals surface area (Å²) in [7, 11) is 0. The molecule has 0 aliphatic carbocycles. The Labute approximate surface area is 127 Å². The van der Waals surface area contributed by atoms with Gasteiger partial charge < -0.3 is 16.4 Å². The number of nitrogens with zero attached hydrogens (tertiary/aromatic N) is 2. The number of anilines is 2. The normalized spacial score (nSPS) is 10.3.